The van der Waals surface area contributed by atoms with Gasteiger partial charge in [0.05, 0.1) is 7.98 Å². The van der Waals surface area contributed by atoms with Crippen LogP contribution in [0.15, 0.2) is 0 Å². The summed E-state index contributed by atoms with van der Waals surface area (Å²) in [7, 11) is 0. The zero-order valence-electron chi connectivity index (χ0n) is 6.14. The van der Waals surface area contributed by atoms with Gasteiger partial charge in [0.2, 0.25) is 0 Å². The van der Waals surface area contributed by atoms with Crippen LogP contribution >= 0.6 is 0 Å². The van der Waals surface area contributed by atoms with Gasteiger partial charge in [-0.1, -0.05) is 0 Å². The summed E-state index contributed by atoms with van der Waals surface area (Å²) >= 11 is 0. The van der Waals surface area contributed by atoms with Crippen molar-refractivity contribution in [3.8, 4) is 0 Å². The van der Waals surface area contributed by atoms with Crippen molar-refractivity contribution < 1.29 is 26.5 Å². The van der Waals surface area contributed by atoms with Gasteiger partial charge in [-0.25, -0.2) is 0 Å². The maximum absolute atomic E-state index is 8.98. The molecule has 1 heterocycles. The van der Waals surface area contributed by atoms with E-state index in [0.717, 1.165) is 0 Å². The lowest BCUT2D eigenvalue weighted by Gasteiger charge is -2.09. The third-order valence-electron chi connectivity index (χ3n) is 1.41. The number of rotatable bonds is 1. The first-order valence-electron chi connectivity index (χ1n) is 3.36. The average molecular weight is 151 g/mol. The van der Waals surface area contributed by atoms with Crippen LogP contribution in [-0.2, 0) is 4.74 Å². The normalized spacial score (nSPS) is 56.8. The minimum Gasteiger partial charge on any atom is -0.394 e. The van der Waals surface area contributed by atoms with Crippen LogP contribution in [0.25, 0.3) is 0 Å². The Morgan fingerprint density at radius 2 is 1.90 bits per heavy atom. The van der Waals surface area contributed by atoms with E-state index in [-0.39, 0.29) is 0 Å². The molecule has 0 bridgehead atoms. The lowest BCUT2D eigenvalue weighted by Crippen LogP contribution is -2.33. The summed E-state index contributed by atoms with van der Waals surface area (Å²) in [6, 6.07) is 0. The van der Waals surface area contributed by atoms with Gasteiger partial charge >= 0.3 is 0 Å². The van der Waals surface area contributed by atoms with Gasteiger partial charge in [0.25, 0.3) is 0 Å². The van der Waals surface area contributed by atoms with E-state index < -0.39 is 31.2 Å². The summed E-state index contributed by atoms with van der Waals surface area (Å²) in [5.74, 6) is 0. The maximum Gasteiger partial charge on any atom is 0.184 e. The van der Waals surface area contributed by atoms with E-state index in [4.69, 9.17) is 21.8 Å². The van der Waals surface area contributed by atoms with Crippen LogP contribution in [0.5, 0.6) is 0 Å². The zero-order chi connectivity index (χ0) is 8.65. The van der Waals surface area contributed by atoms with Crippen molar-refractivity contribution in [2.24, 2.45) is 0 Å². The smallest absolute Gasteiger partial charge is 0.184 e. The van der Waals surface area contributed by atoms with Crippen LogP contribution in [-0.4, -0.2) is 51.6 Å². The van der Waals surface area contributed by atoms with Crippen LogP contribution in [0.1, 0.15) is 1.37 Å². The Morgan fingerprint density at radius 3 is 2.10 bits per heavy atom. The molecule has 0 aliphatic carbocycles. The fraction of sp³-hybridized carbons (Fsp3) is 1.00. The zero-order valence-corrected chi connectivity index (χ0v) is 5.14. The lowest BCUT2D eigenvalue weighted by molar-refractivity contribution is -0.132. The number of aliphatic hydroxyl groups excluding tert-OH is 3. The summed E-state index contributed by atoms with van der Waals surface area (Å²) in [4.78, 5) is 0. The molecule has 1 rings (SSSR count). The van der Waals surface area contributed by atoms with Gasteiger partial charge in [-0.2, -0.15) is 0 Å². The molecule has 0 aromatic heterocycles. The van der Waals surface area contributed by atoms with Crippen LogP contribution in [0.3, 0.4) is 0 Å². The van der Waals surface area contributed by atoms with Crippen LogP contribution in [0, 0.1) is 0 Å². The highest BCUT2D eigenvalue weighted by atomic mass is 16.6. The molecular weight excluding hydrogens is 140 g/mol. The molecule has 0 aromatic rings. The van der Waals surface area contributed by atoms with Gasteiger partial charge in [0.15, 0.2) is 6.27 Å². The van der Waals surface area contributed by atoms with Crippen molar-refractivity contribution >= 4 is 0 Å². The maximum atomic E-state index is 8.98. The molecule has 5 heteroatoms. The molecule has 0 radical (unpaired) electrons. The molecule has 1 fully saturated rings. The van der Waals surface area contributed by atoms with Gasteiger partial charge in [-0.15, -0.1) is 0 Å². The molecule has 4 atom stereocenters. The van der Waals surface area contributed by atoms with Crippen molar-refractivity contribution in [1.82, 2.24) is 0 Å². The van der Waals surface area contributed by atoms with Crippen molar-refractivity contribution in [3.05, 3.63) is 0 Å². The van der Waals surface area contributed by atoms with E-state index in [0.29, 0.717) is 0 Å². The van der Waals surface area contributed by atoms with E-state index in [1.54, 1.807) is 0 Å². The van der Waals surface area contributed by atoms with E-state index in [1.165, 1.54) is 0 Å². The number of hydrogen-bond acceptors (Lipinski definition) is 5. The molecule has 1 aliphatic rings. The standard InChI is InChI=1S/C5H10O5/c6-1-2-3(7)4(8)5(9)10-2/h2-9H,1H2/t2-,3?,4+,5-/m1/s1/i5D. The second-order valence-electron chi connectivity index (χ2n) is 2.11. The van der Waals surface area contributed by atoms with Gasteiger partial charge in [-0.3, -0.25) is 0 Å². The van der Waals surface area contributed by atoms with Crippen molar-refractivity contribution in [2.75, 3.05) is 6.61 Å². The van der Waals surface area contributed by atoms with E-state index in [2.05, 4.69) is 4.74 Å². The molecule has 60 valence electrons. The first-order valence-corrected chi connectivity index (χ1v) is 2.86. The Bertz CT molecular complexity index is 150. The molecule has 1 saturated heterocycles. The first-order chi connectivity index (χ1) is 4.99. The topological polar surface area (TPSA) is 90.2 Å². The Balaban J connectivity index is 2.69. The van der Waals surface area contributed by atoms with E-state index in [9.17, 15) is 0 Å². The first kappa shape index (κ1) is 6.51. The Labute approximate surface area is 58.9 Å². The fourth-order valence-corrected chi connectivity index (χ4v) is 0.789. The second-order valence-corrected chi connectivity index (χ2v) is 2.11. The Hall–Kier alpha value is -0.200. The predicted octanol–water partition coefficient (Wildman–Crippen LogP) is -2.58. The summed E-state index contributed by atoms with van der Waals surface area (Å²) in [6.07, 6.45) is -6.71. The Morgan fingerprint density at radius 1 is 1.30 bits per heavy atom. The molecule has 0 amide bonds. The summed E-state index contributed by atoms with van der Waals surface area (Å²) in [6.45, 7) is -0.542. The SMILES string of the molecule is [2H][C@@]1(O)O[C@H](CO)C(O)[C@@H]1O. The quantitative estimate of drug-likeness (QED) is 0.330. The number of ether oxygens (including phenoxy) is 1. The molecule has 0 aromatic carbocycles. The van der Waals surface area contributed by atoms with Gasteiger partial charge < -0.3 is 25.2 Å². The Kier molecular flexibility index (Phi) is 1.83. The number of hydrogen-bond donors (Lipinski definition) is 4. The lowest BCUT2D eigenvalue weighted by atomic mass is 10.1. The molecule has 0 spiro atoms. The molecule has 1 aliphatic heterocycles. The van der Waals surface area contributed by atoms with Crippen LogP contribution < -0.4 is 0 Å². The number of aliphatic hydroxyl groups is 4. The van der Waals surface area contributed by atoms with Gasteiger partial charge in [-0.05, 0) is 0 Å². The van der Waals surface area contributed by atoms with Crippen molar-refractivity contribution in [1.29, 1.82) is 0 Å². The molecular formula is C5H10O5. The van der Waals surface area contributed by atoms with Crippen LogP contribution in [0.4, 0.5) is 0 Å². The minimum absolute atomic E-state index is 0.542. The van der Waals surface area contributed by atoms with Crippen molar-refractivity contribution in [3.63, 3.8) is 0 Å². The molecule has 1 unspecified atom stereocenters. The largest absolute Gasteiger partial charge is 0.394 e. The second kappa shape index (κ2) is 2.81. The predicted molar refractivity (Wildman–Crippen MR) is 30.0 cm³/mol. The van der Waals surface area contributed by atoms with Crippen molar-refractivity contribution in [2.45, 2.75) is 24.6 Å². The highest BCUT2D eigenvalue weighted by molar-refractivity contribution is 4.84. The highest BCUT2D eigenvalue weighted by Gasteiger charge is 2.41. The van der Waals surface area contributed by atoms with E-state index in [1.807, 2.05) is 0 Å². The molecule has 10 heavy (non-hydrogen) atoms. The van der Waals surface area contributed by atoms with Crippen LogP contribution in [0.2, 0.25) is 0 Å². The molecule has 4 N–H and O–H groups in total. The third-order valence-corrected chi connectivity index (χ3v) is 1.41. The fourth-order valence-electron chi connectivity index (χ4n) is 0.789. The summed E-state index contributed by atoms with van der Waals surface area (Å²) in [5, 5.41) is 35.2. The molecule has 0 saturated carbocycles. The van der Waals surface area contributed by atoms with E-state index >= 15 is 0 Å². The van der Waals surface area contributed by atoms with Gasteiger partial charge in [0, 0.05) is 0 Å². The monoisotopic (exact) mass is 151 g/mol. The minimum atomic E-state index is -2.51. The average Bonchev–Trinajstić information content (AvgIpc) is 2.13. The molecule has 5 nitrogen and oxygen atoms in total. The highest BCUT2D eigenvalue weighted by Crippen LogP contribution is 2.18. The summed E-state index contributed by atoms with van der Waals surface area (Å²) < 4.78 is 11.3. The third kappa shape index (κ3) is 1.14. The van der Waals surface area contributed by atoms with Gasteiger partial charge in [0.1, 0.15) is 18.3 Å². The summed E-state index contributed by atoms with van der Waals surface area (Å²) in [5.41, 5.74) is 0.